The van der Waals surface area contributed by atoms with Crippen molar-refractivity contribution in [3.05, 3.63) is 53.8 Å². The maximum absolute atomic E-state index is 13.0. The molecule has 2 amide bonds. The zero-order chi connectivity index (χ0) is 17.6. The van der Waals surface area contributed by atoms with Crippen molar-refractivity contribution < 1.29 is 18.7 Å². The molecular formula is C19H17FN2O3. The molecule has 1 N–H and O–H groups in total. The molecule has 4 rings (SSSR count). The van der Waals surface area contributed by atoms with Gasteiger partial charge in [-0.3, -0.25) is 9.59 Å². The number of amides is 2. The summed E-state index contributed by atoms with van der Waals surface area (Å²) < 4.78 is 18.4. The van der Waals surface area contributed by atoms with Crippen LogP contribution in [0.4, 0.5) is 15.8 Å². The van der Waals surface area contributed by atoms with Gasteiger partial charge in [-0.15, -0.1) is 0 Å². The summed E-state index contributed by atoms with van der Waals surface area (Å²) in [4.78, 5) is 25.7. The van der Waals surface area contributed by atoms with E-state index in [9.17, 15) is 14.0 Å². The maximum atomic E-state index is 13.0. The summed E-state index contributed by atoms with van der Waals surface area (Å²) in [5, 5.41) is 2.89. The third-order valence-corrected chi connectivity index (χ3v) is 4.74. The monoisotopic (exact) mass is 340 g/mol. The van der Waals surface area contributed by atoms with Gasteiger partial charge in [-0.1, -0.05) is 12.1 Å². The lowest BCUT2D eigenvalue weighted by atomic mass is 10.1. The quantitative estimate of drug-likeness (QED) is 0.935. The number of ether oxygens (including phenoxy) is 1. The standard InChI is InChI=1S/C19H17FN2O3/c1-22-16-8-13(6-7-17(16)25-10-18(22)23)21-19(24)15-9-14(15)11-2-4-12(20)5-3-11/h2-8,14-15H,9-10H2,1H3,(H,21,24)/t14-,15-/m0/s1. The van der Waals surface area contributed by atoms with Crippen molar-refractivity contribution in [3.63, 3.8) is 0 Å². The van der Waals surface area contributed by atoms with Crippen molar-refractivity contribution >= 4 is 23.2 Å². The van der Waals surface area contributed by atoms with Crippen LogP contribution >= 0.6 is 0 Å². The molecule has 0 spiro atoms. The van der Waals surface area contributed by atoms with E-state index in [-0.39, 0.29) is 36.1 Å². The number of rotatable bonds is 3. The van der Waals surface area contributed by atoms with E-state index >= 15 is 0 Å². The second-order valence-corrected chi connectivity index (χ2v) is 6.41. The molecule has 0 saturated heterocycles. The molecule has 0 bridgehead atoms. The first-order valence-corrected chi connectivity index (χ1v) is 8.12. The van der Waals surface area contributed by atoms with Gasteiger partial charge in [-0.05, 0) is 48.2 Å². The Morgan fingerprint density at radius 3 is 2.76 bits per heavy atom. The zero-order valence-corrected chi connectivity index (χ0v) is 13.7. The lowest BCUT2D eigenvalue weighted by molar-refractivity contribution is -0.121. The van der Waals surface area contributed by atoms with Crippen LogP contribution in [0.15, 0.2) is 42.5 Å². The minimum Gasteiger partial charge on any atom is -0.482 e. The van der Waals surface area contributed by atoms with Crippen LogP contribution in [0.3, 0.4) is 0 Å². The Kier molecular flexibility index (Phi) is 3.67. The third kappa shape index (κ3) is 2.95. The van der Waals surface area contributed by atoms with Gasteiger partial charge in [0.2, 0.25) is 5.91 Å². The van der Waals surface area contributed by atoms with Gasteiger partial charge < -0.3 is 15.0 Å². The smallest absolute Gasteiger partial charge is 0.264 e. The minimum atomic E-state index is -0.277. The summed E-state index contributed by atoms with van der Waals surface area (Å²) in [5.41, 5.74) is 2.24. The number of hydrogen-bond acceptors (Lipinski definition) is 3. The van der Waals surface area contributed by atoms with E-state index in [2.05, 4.69) is 5.32 Å². The average Bonchev–Trinajstić information content (AvgIpc) is 3.40. The largest absolute Gasteiger partial charge is 0.482 e. The summed E-state index contributed by atoms with van der Waals surface area (Å²) in [6.45, 7) is 0.0244. The molecule has 2 aromatic rings. The van der Waals surface area contributed by atoms with E-state index in [4.69, 9.17) is 4.74 Å². The van der Waals surface area contributed by atoms with Gasteiger partial charge in [0.15, 0.2) is 6.61 Å². The number of nitrogens with one attached hydrogen (secondary N) is 1. The lowest BCUT2D eigenvalue weighted by Gasteiger charge is -2.26. The summed E-state index contributed by atoms with van der Waals surface area (Å²) in [7, 11) is 1.68. The van der Waals surface area contributed by atoms with Crippen LogP contribution in [0.2, 0.25) is 0 Å². The Morgan fingerprint density at radius 1 is 1.24 bits per heavy atom. The van der Waals surface area contributed by atoms with Crippen molar-refractivity contribution in [2.45, 2.75) is 12.3 Å². The fourth-order valence-electron chi connectivity index (χ4n) is 3.15. The molecule has 6 heteroatoms. The normalized spacial score (nSPS) is 21.4. The minimum absolute atomic E-state index is 0.0244. The predicted octanol–water partition coefficient (Wildman–Crippen LogP) is 2.92. The molecule has 2 aliphatic rings. The van der Waals surface area contributed by atoms with Gasteiger partial charge in [0.05, 0.1) is 5.69 Å². The number of nitrogens with zero attached hydrogens (tertiary/aromatic N) is 1. The number of likely N-dealkylation sites (N-methyl/N-ethyl adjacent to an activating group) is 1. The maximum Gasteiger partial charge on any atom is 0.264 e. The van der Waals surface area contributed by atoms with E-state index < -0.39 is 0 Å². The molecule has 2 aromatic carbocycles. The molecule has 1 saturated carbocycles. The second-order valence-electron chi connectivity index (χ2n) is 6.41. The van der Waals surface area contributed by atoms with Gasteiger partial charge in [-0.25, -0.2) is 4.39 Å². The molecule has 1 aliphatic heterocycles. The molecule has 1 fully saturated rings. The van der Waals surface area contributed by atoms with Crippen molar-refractivity contribution in [2.75, 3.05) is 23.9 Å². The van der Waals surface area contributed by atoms with Crippen molar-refractivity contribution in [2.24, 2.45) is 5.92 Å². The highest BCUT2D eigenvalue weighted by atomic mass is 19.1. The highest BCUT2D eigenvalue weighted by Gasteiger charge is 2.44. The number of carbonyl (C=O) groups excluding carboxylic acids is 2. The average molecular weight is 340 g/mol. The van der Waals surface area contributed by atoms with Crippen molar-refractivity contribution in [1.82, 2.24) is 0 Å². The van der Waals surface area contributed by atoms with Gasteiger partial charge >= 0.3 is 0 Å². The number of fused-ring (bicyclic) bond motifs is 1. The van der Waals surface area contributed by atoms with Crippen LogP contribution in [0.25, 0.3) is 0 Å². The fraction of sp³-hybridized carbons (Fsp3) is 0.263. The fourth-order valence-corrected chi connectivity index (χ4v) is 3.15. The molecule has 5 nitrogen and oxygen atoms in total. The molecular weight excluding hydrogens is 323 g/mol. The van der Waals surface area contributed by atoms with Gasteiger partial charge in [0, 0.05) is 18.7 Å². The van der Waals surface area contributed by atoms with E-state index in [0.717, 1.165) is 12.0 Å². The van der Waals surface area contributed by atoms with Crippen LogP contribution in [0, 0.1) is 11.7 Å². The first-order valence-electron chi connectivity index (χ1n) is 8.12. The van der Waals surface area contributed by atoms with E-state index in [0.29, 0.717) is 17.1 Å². The number of halogens is 1. The third-order valence-electron chi connectivity index (χ3n) is 4.74. The Labute approximate surface area is 144 Å². The molecule has 128 valence electrons. The van der Waals surface area contributed by atoms with Crippen molar-refractivity contribution in [3.8, 4) is 5.75 Å². The predicted molar refractivity (Wildman–Crippen MR) is 91.2 cm³/mol. The number of hydrogen-bond donors (Lipinski definition) is 1. The van der Waals surface area contributed by atoms with Crippen LogP contribution in [-0.4, -0.2) is 25.5 Å². The number of anilines is 2. The Bertz CT molecular complexity index is 850. The van der Waals surface area contributed by atoms with Gasteiger partial charge in [-0.2, -0.15) is 0 Å². The van der Waals surface area contributed by atoms with Gasteiger partial charge in [0.1, 0.15) is 11.6 Å². The molecule has 2 atom stereocenters. The summed E-state index contributed by atoms with van der Waals surface area (Å²) in [6.07, 6.45) is 0.754. The first kappa shape index (κ1) is 15.6. The van der Waals surface area contributed by atoms with E-state index in [1.807, 2.05) is 0 Å². The number of benzene rings is 2. The molecule has 0 aromatic heterocycles. The molecule has 1 heterocycles. The van der Waals surface area contributed by atoms with Crippen LogP contribution in [-0.2, 0) is 9.59 Å². The number of carbonyl (C=O) groups is 2. The summed E-state index contributed by atoms with van der Waals surface area (Å²) >= 11 is 0. The molecule has 1 aliphatic carbocycles. The highest BCUT2D eigenvalue weighted by Crippen LogP contribution is 2.48. The second kappa shape index (κ2) is 5.88. The first-order chi connectivity index (χ1) is 12.0. The Hall–Kier alpha value is -2.89. The molecule has 25 heavy (non-hydrogen) atoms. The van der Waals surface area contributed by atoms with E-state index in [1.54, 1.807) is 37.4 Å². The molecule has 0 radical (unpaired) electrons. The summed E-state index contributed by atoms with van der Waals surface area (Å²) in [5.74, 6) is 0.161. The molecule has 0 unspecified atom stereocenters. The Morgan fingerprint density at radius 2 is 2.00 bits per heavy atom. The van der Waals surface area contributed by atoms with Crippen LogP contribution in [0.1, 0.15) is 17.9 Å². The zero-order valence-electron chi connectivity index (χ0n) is 13.7. The van der Waals surface area contributed by atoms with Crippen LogP contribution < -0.4 is 15.0 Å². The lowest BCUT2D eigenvalue weighted by Crippen LogP contribution is -2.35. The van der Waals surface area contributed by atoms with E-state index in [1.165, 1.54) is 17.0 Å². The van der Waals surface area contributed by atoms with Crippen molar-refractivity contribution in [1.29, 1.82) is 0 Å². The summed E-state index contributed by atoms with van der Waals surface area (Å²) in [6, 6.07) is 11.5. The SMILES string of the molecule is CN1C(=O)COc2ccc(NC(=O)[C@H]3C[C@H]3c3ccc(F)cc3)cc21. The Balaban J connectivity index is 1.45. The topological polar surface area (TPSA) is 58.6 Å². The van der Waals surface area contributed by atoms with Crippen LogP contribution in [0.5, 0.6) is 5.75 Å². The highest BCUT2D eigenvalue weighted by molar-refractivity contribution is 6.00. The van der Waals surface area contributed by atoms with Gasteiger partial charge in [0.25, 0.3) is 5.91 Å².